The van der Waals surface area contributed by atoms with Crippen LogP contribution in [0.3, 0.4) is 0 Å². The van der Waals surface area contributed by atoms with Gasteiger partial charge in [-0.15, -0.1) is 0 Å². The lowest BCUT2D eigenvalue weighted by atomic mass is 10.2. The molecule has 0 fully saturated rings. The zero-order valence-corrected chi connectivity index (χ0v) is 11.9. The van der Waals surface area contributed by atoms with Gasteiger partial charge in [-0.05, 0) is 12.1 Å². The van der Waals surface area contributed by atoms with Crippen molar-refractivity contribution in [2.45, 2.75) is 12.1 Å². The number of hydrogen-bond acceptors (Lipinski definition) is 2. The van der Waals surface area contributed by atoms with Crippen molar-refractivity contribution in [3.63, 3.8) is 0 Å². The van der Waals surface area contributed by atoms with Gasteiger partial charge in [0.25, 0.3) is 0 Å². The lowest BCUT2D eigenvalue weighted by Crippen LogP contribution is -2.53. The van der Waals surface area contributed by atoms with E-state index in [1.807, 2.05) is 0 Å². The molecule has 1 aromatic rings. The quantitative estimate of drug-likeness (QED) is 0.587. The molecule has 0 unspecified atom stereocenters. The molecule has 0 N–H and O–H groups in total. The van der Waals surface area contributed by atoms with Crippen molar-refractivity contribution in [1.29, 1.82) is 0 Å². The third-order valence-corrected chi connectivity index (χ3v) is 3.05. The van der Waals surface area contributed by atoms with E-state index in [1.165, 1.54) is 18.2 Å². The number of Topliss-reactive ketones (excluding diaryl/α,β-unsaturated/α-hetero) is 1. The molecule has 9 heteroatoms. The summed E-state index contributed by atoms with van der Waals surface area (Å²) in [6.07, 6.45) is -6.03. The summed E-state index contributed by atoms with van der Waals surface area (Å²) in [5.74, 6) is -8.78. The molecule has 0 aliphatic rings. The monoisotopic (exact) mass is 373 g/mol. The minimum Gasteiger partial charge on any atom is -0.299 e. The minimum atomic E-state index is -6.03. The Bertz CT molecular complexity index is 518. The predicted octanol–water partition coefficient (Wildman–Crippen LogP) is 3.18. The Morgan fingerprint density at radius 1 is 1.05 bits per heavy atom. The summed E-state index contributed by atoms with van der Waals surface area (Å²) in [6, 6.07) is 6.50. The number of ketones is 1. The summed E-state index contributed by atoms with van der Waals surface area (Å²) in [5.41, 5.74) is -0.222. The molecule has 21 heavy (non-hydrogen) atoms. The topological polar surface area (TPSA) is 37.4 Å². The second kappa shape index (κ2) is 6.50. The number of alkyl halides is 6. The Morgan fingerprint density at radius 2 is 1.57 bits per heavy atom. The molecule has 0 saturated carbocycles. The molecule has 0 aliphatic carbocycles. The molecule has 3 nitrogen and oxygen atoms in total. The van der Waals surface area contributed by atoms with Gasteiger partial charge in [-0.25, -0.2) is 0 Å². The van der Waals surface area contributed by atoms with E-state index >= 15 is 0 Å². The van der Waals surface area contributed by atoms with Gasteiger partial charge < -0.3 is 0 Å². The average molecular weight is 374 g/mol. The minimum absolute atomic E-state index is 0.122. The third kappa shape index (κ3) is 3.99. The van der Waals surface area contributed by atoms with Crippen LogP contribution < -0.4 is 4.90 Å². The van der Waals surface area contributed by atoms with Gasteiger partial charge in [-0.3, -0.25) is 14.5 Å². The second-order valence-corrected chi connectivity index (χ2v) is 4.53. The van der Waals surface area contributed by atoms with Crippen LogP contribution in [0.25, 0.3) is 0 Å². The van der Waals surface area contributed by atoms with Gasteiger partial charge in [0.1, 0.15) is 0 Å². The highest BCUT2D eigenvalue weighted by atomic mass is 79.9. The molecule has 0 spiro atoms. The average Bonchev–Trinajstić information content (AvgIpc) is 2.43. The van der Waals surface area contributed by atoms with Crippen LogP contribution in [0.2, 0.25) is 0 Å². The van der Waals surface area contributed by atoms with E-state index in [0.717, 1.165) is 12.1 Å². The van der Waals surface area contributed by atoms with Crippen LogP contribution in [0.1, 0.15) is 0 Å². The summed E-state index contributed by atoms with van der Waals surface area (Å²) < 4.78 is 63.2. The maximum Gasteiger partial charge on any atom is 0.463 e. The van der Waals surface area contributed by atoms with Crippen LogP contribution in [0.5, 0.6) is 0 Å². The number of benzene rings is 1. The fourth-order valence-corrected chi connectivity index (χ4v) is 1.57. The summed E-state index contributed by atoms with van der Waals surface area (Å²) >= 11 is 2.76. The van der Waals surface area contributed by atoms with Gasteiger partial charge in [0.15, 0.2) is 5.78 Å². The van der Waals surface area contributed by atoms with Crippen molar-refractivity contribution in [3.8, 4) is 0 Å². The fraction of sp³-hybridized carbons (Fsp3) is 0.333. The van der Waals surface area contributed by atoms with E-state index in [4.69, 9.17) is 0 Å². The number of anilines is 1. The van der Waals surface area contributed by atoms with E-state index in [0.29, 0.717) is 0 Å². The molecule has 0 atom stereocenters. The van der Waals surface area contributed by atoms with E-state index < -0.39 is 30.3 Å². The summed E-state index contributed by atoms with van der Waals surface area (Å²) in [6.45, 7) is -0.889. The number of carbonyl (C=O) groups excluding carboxylic acids is 2. The zero-order valence-electron chi connectivity index (χ0n) is 10.3. The largest absolute Gasteiger partial charge is 0.463 e. The highest BCUT2D eigenvalue weighted by Crippen LogP contribution is 2.37. The van der Waals surface area contributed by atoms with Gasteiger partial charge in [0.2, 0.25) is 0 Å². The molecule has 0 heterocycles. The van der Waals surface area contributed by atoms with E-state index in [9.17, 15) is 31.5 Å². The van der Waals surface area contributed by atoms with Gasteiger partial charge in [-0.2, -0.15) is 22.0 Å². The third-order valence-electron chi connectivity index (χ3n) is 2.42. The molecular formula is C12H9BrF5NO2. The van der Waals surface area contributed by atoms with E-state index in [2.05, 4.69) is 15.9 Å². The zero-order chi connectivity index (χ0) is 16.3. The second-order valence-electron chi connectivity index (χ2n) is 3.97. The molecular weight excluding hydrogens is 365 g/mol. The van der Waals surface area contributed by atoms with Gasteiger partial charge >= 0.3 is 18.0 Å². The molecule has 0 aromatic heterocycles. The van der Waals surface area contributed by atoms with Crippen LogP contribution in [0, 0.1) is 0 Å². The first-order chi connectivity index (χ1) is 9.61. The molecule has 116 valence electrons. The Morgan fingerprint density at radius 3 is 2.00 bits per heavy atom. The van der Waals surface area contributed by atoms with Crippen LogP contribution in [-0.4, -0.2) is 35.7 Å². The van der Waals surface area contributed by atoms with Crippen molar-refractivity contribution in [1.82, 2.24) is 0 Å². The number of carbonyl (C=O) groups is 2. The number of para-hydroxylation sites is 1. The van der Waals surface area contributed by atoms with Gasteiger partial charge in [-0.1, -0.05) is 34.1 Å². The van der Waals surface area contributed by atoms with E-state index in [1.54, 1.807) is 0 Å². The van der Waals surface area contributed by atoms with E-state index in [-0.39, 0.29) is 15.9 Å². The van der Waals surface area contributed by atoms with Gasteiger partial charge in [0, 0.05) is 5.69 Å². The first-order valence-corrected chi connectivity index (χ1v) is 6.62. The Labute approximate surface area is 124 Å². The van der Waals surface area contributed by atoms with Crippen molar-refractivity contribution >= 4 is 33.3 Å². The highest BCUT2D eigenvalue weighted by molar-refractivity contribution is 9.09. The van der Waals surface area contributed by atoms with Crippen LogP contribution in [0.4, 0.5) is 27.6 Å². The lowest BCUT2D eigenvalue weighted by Gasteiger charge is -2.27. The Hall–Kier alpha value is -1.51. The number of amides is 1. The molecule has 1 rings (SSSR count). The Kier molecular flexibility index (Phi) is 5.43. The fourth-order valence-electron chi connectivity index (χ4n) is 1.40. The van der Waals surface area contributed by atoms with Crippen molar-refractivity contribution in [2.75, 3.05) is 16.8 Å². The van der Waals surface area contributed by atoms with Crippen molar-refractivity contribution < 1.29 is 31.5 Å². The molecule has 0 radical (unpaired) electrons. The molecule has 0 saturated heterocycles. The SMILES string of the molecule is O=C(CBr)CN(C(=O)C(F)(F)C(F)(F)F)c1ccccc1. The normalized spacial score (nSPS) is 12.1. The maximum absolute atomic E-state index is 13.2. The highest BCUT2D eigenvalue weighted by Gasteiger charge is 2.64. The summed E-state index contributed by atoms with van der Waals surface area (Å²) in [7, 11) is 0. The molecule has 0 aliphatic heterocycles. The number of nitrogens with zero attached hydrogens (tertiary/aromatic N) is 1. The van der Waals surface area contributed by atoms with Gasteiger partial charge in [0.05, 0.1) is 11.9 Å². The molecule has 1 aromatic carbocycles. The number of halogens is 6. The van der Waals surface area contributed by atoms with Crippen LogP contribution in [0.15, 0.2) is 30.3 Å². The first kappa shape index (κ1) is 17.5. The van der Waals surface area contributed by atoms with Crippen LogP contribution in [-0.2, 0) is 9.59 Å². The van der Waals surface area contributed by atoms with Crippen molar-refractivity contribution in [2.24, 2.45) is 0 Å². The first-order valence-electron chi connectivity index (χ1n) is 5.50. The summed E-state index contributed by atoms with van der Waals surface area (Å²) in [5, 5.41) is -0.277. The predicted molar refractivity (Wildman–Crippen MR) is 68.6 cm³/mol. The molecule has 1 amide bonds. The summed E-state index contributed by atoms with van der Waals surface area (Å²) in [4.78, 5) is 23.0. The van der Waals surface area contributed by atoms with Crippen molar-refractivity contribution in [3.05, 3.63) is 30.3 Å². The lowest BCUT2D eigenvalue weighted by molar-refractivity contribution is -0.268. The maximum atomic E-state index is 13.2. The standard InChI is InChI=1S/C12H9BrF5NO2/c13-6-9(20)7-19(8-4-2-1-3-5-8)10(21)11(14,15)12(16,17)18/h1-5H,6-7H2. The molecule has 0 bridgehead atoms. The smallest absolute Gasteiger partial charge is 0.299 e. The number of hydrogen-bond donors (Lipinski definition) is 0. The number of rotatable bonds is 5. The van der Waals surface area contributed by atoms with Crippen LogP contribution >= 0.6 is 15.9 Å². The Balaban J connectivity index is 3.19.